The predicted octanol–water partition coefficient (Wildman–Crippen LogP) is 2.72. The molecule has 0 spiro atoms. The van der Waals surface area contributed by atoms with Crippen molar-refractivity contribution in [3.63, 3.8) is 0 Å². The van der Waals surface area contributed by atoms with Crippen LogP contribution in [0.15, 0.2) is 12.3 Å². The van der Waals surface area contributed by atoms with Gasteiger partial charge in [-0.15, -0.1) is 0 Å². The van der Waals surface area contributed by atoms with E-state index < -0.39 is 0 Å². The van der Waals surface area contributed by atoms with Crippen LogP contribution in [0.2, 0.25) is 0 Å². The molecule has 2 heterocycles. The third-order valence-corrected chi connectivity index (χ3v) is 3.86. The Morgan fingerprint density at radius 1 is 1.52 bits per heavy atom. The van der Waals surface area contributed by atoms with Crippen LogP contribution in [0, 0.1) is 5.82 Å². The maximum atomic E-state index is 14.8. The summed E-state index contributed by atoms with van der Waals surface area (Å²) in [6.07, 6.45) is 2.72. The van der Waals surface area contributed by atoms with E-state index in [1.54, 1.807) is 12.3 Å². The highest BCUT2D eigenvalue weighted by Gasteiger charge is 2.29. The second-order valence-electron chi connectivity index (χ2n) is 6.00. The van der Waals surface area contributed by atoms with Crippen molar-refractivity contribution in [2.24, 2.45) is 0 Å². The maximum Gasteiger partial charge on any atom is 0.170 e. The highest BCUT2D eigenvalue weighted by molar-refractivity contribution is 5.45. The van der Waals surface area contributed by atoms with E-state index in [4.69, 9.17) is 4.74 Å². The first kappa shape index (κ1) is 16.2. The van der Waals surface area contributed by atoms with Gasteiger partial charge in [0.15, 0.2) is 11.6 Å². The molecule has 1 aromatic heterocycles. The first-order valence-corrected chi connectivity index (χ1v) is 7.77. The summed E-state index contributed by atoms with van der Waals surface area (Å²) < 4.78 is 20.4. The van der Waals surface area contributed by atoms with Crippen LogP contribution in [-0.2, 0) is 11.3 Å². The molecule has 1 aliphatic heterocycles. The summed E-state index contributed by atoms with van der Waals surface area (Å²) in [5.74, 6) is 0.248. The molecule has 0 radical (unpaired) electrons. The Hall–Kier alpha value is -1.20. The SMILES string of the molecule is CCC1COC(C)CN1c1nccc(CNC(C)C)c1F. The molecular formula is C16H26FN3O. The van der Waals surface area contributed by atoms with Crippen LogP contribution < -0.4 is 10.2 Å². The van der Waals surface area contributed by atoms with Crippen LogP contribution >= 0.6 is 0 Å². The van der Waals surface area contributed by atoms with Gasteiger partial charge in [-0.05, 0) is 19.4 Å². The van der Waals surface area contributed by atoms with Gasteiger partial charge in [0.2, 0.25) is 0 Å². The monoisotopic (exact) mass is 295 g/mol. The number of anilines is 1. The van der Waals surface area contributed by atoms with Crippen LogP contribution in [0.3, 0.4) is 0 Å². The average Bonchev–Trinajstić information content (AvgIpc) is 2.46. The largest absolute Gasteiger partial charge is 0.375 e. The van der Waals surface area contributed by atoms with E-state index in [9.17, 15) is 4.39 Å². The number of rotatable bonds is 5. The summed E-state index contributed by atoms with van der Waals surface area (Å²) in [6, 6.07) is 2.27. The van der Waals surface area contributed by atoms with Crippen LogP contribution in [0.5, 0.6) is 0 Å². The van der Waals surface area contributed by atoms with E-state index in [0.717, 1.165) is 6.42 Å². The first-order chi connectivity index (χ1) is 10.0. The Bertz CT molecular complexity index is 467. The van der Waals surface area contributed by atoms with E-state index in [-0.39, 0.29) is 18.0 Å². The number of ether oxygens (including phenoxy) is 1. The van der Waals surface area contributed by atoms with Crippen molar-refractivity contribution in [1.82, 2.24) is 10.3 Å². The standard InChI is InChI=1S/C16H26FN3O/c1-5-14-10-21-12(4)9-20(14)16-15(17)13(6-7-18-16)8-19-11(2)3/h6-7,11-12,14,19H,5,8-10H2,1-4H3. The van der Waals surface area contributed by atoms with E-state index >= 15 is 0 Å². The van der Waals surface area contributed by atoms with Gasteiger partial charge in [0.05, 0.1) is 18.8 Å². The van der Waals surface area contributed by atoms with Gasteiger partial charge < -0.3 is 15.0 Å². The highest BCUT2D eigenvalue weighted by Crippen LogP contribution is 2.26. The lowest BCUT2D eigenvalue weighted by molar-refractivity contribution is 0.0293. The molecule has 118 valence electrons. The van der Waals surface area contributed by atoms with Gasteiger partial charge in [0, 0.05) is 30.9 Å². The fourth-order valence-corrected chi connectivity index (χ4v) is 2.56. The Morgan fingerprint density at radius 2 is 2.29 bits per heavy atom. The topological polar surface area (TPSA) is 37.4 Å². The Labute approximate surface area is 126 Å². The molecule has 0 bridgehead atoms. The van der Waals surface area contributed by atoms with Crippen LogP contribution in [-0.4, -0.2) is 36.3 Å². The molecule has 0 amide bonds. The molecule has 2 rings (SSSR count). The maximum absolute atomic E-state index is 14.8. The zero-order chi connectivity index (χ0) is 15.4. The summed E-state index contributed by atoms with van der Waals surface area (Å²) in [5, 5.41) is 3.26. The molecule has 4 nitrogen and oxygen atoms in total. The third-order valence-electron chi connectivity index (χ3n) is 3.86. The Balaban J connectivity index is 2.23. The van der Waals surface area contributed by atoms with Crippen molar-refractivity contribution in [3.8, 4) is 0 Å². The molecular weight excluding hydrogens is 269 g/mol. The molecule has 1 aromatic rings. The summed E-state index contributed by atoms with van der Waals surface area (Å²) in [4.78, 5) is 6.35. The number of morpholine rings is 1. The number of hydrogen-bond acceptors (Lipinski definition) is 4. The van der Waals surface area contributed by atoms with Crippen molar-refractivity contribution in [2.75, 3.05) is 18.1 Å². The molecule has 0 saturated carbocycles. The van der Waals surface area contributed by atoms with Gasteiger partial charge >= 0.3 is 0 Å². The molecule has 21 heavy (non-hydrogen) atoms. The zero-order valence-corrected chi connectivity index (χ0v) is 13.4. The van der Waals surface area contributed by atoms with Crippen molar-refractivity contribution < 1.29 is 9.13 Å². The smallest absolute Gasteiger partial charge is 0.170 e. The van der Waals surface area contributed by atoms with E-state index in [1.165, 1.54) is 0 Å². The lowest BCUT2D eigenvalue weighted by atomic mass is 10.1. The number of nitrogens with zero attached hydrogens (tertiary/aromatic N) is 2. The first-order valence-electron chi connectivity index (χ1n) is 7.77. The fraction of sp³-hybridized carbons (Fsp3) is 0.688. The van der Waals surface area contributed by atoms with E-state index in [0.29, 0.717) is 37.1 Å². The number of aromatic nitrogens is 1. The lowest BCUT2D eigenvalue weighted by Crippen LogP contribution is -2.49. The van der Waals surface area contributed by atoms with Crippen LogP contribution in [0.1, 0.15) is 39.7 Å². The quantitative estimate of drug-likeness (QED) is 0.906. The normalized spacial score (nSPS) is 22.9. The summed E-state index contributed by atoms with van der Waals surface area (Å²) in [7, 11) is 0. The van der Waals surface area contributed by atoms with E-state index in [2.05, 4.69) is 36.0 Å². The minimum absolute atomic E-state index is 0.103. The van der Waals surface area contributed by atoms with Crippen molar-refractivity contribution in [1.29, 1.82) is 0 Å². The molecule has 1 fully saturated rings. The third kappa shape index (κ3) is 3.92. The Kier molecular flexibility index (Phi) is 5.53. The number of pyridine rings is 1. The van der Waals surface area contributed by atoms with Gasteiger partial charge in [-0.2, -0.15) is 0 Å². The molecule has 2 atom stereocenters. The molecule has 1 saturated heterocycles. The zero-order valence-electron chi connectivity index (χ0n) is 13.4. The van der Waals surface area contributed by atoms with Gasteiger partial charge in [0.25, 0.3) is 0 Å². The summed E-state index contributed by atoms with van der Waals surface area (Å²) in [6.45, 7) is 10.1. The second kappa shape index (κ2) is 7.18. The highest BCUT2D eigenvalue weighted by atomic mass is 19.1. The predicted molar refractivity (Wildman–Crippen MR) is 83.0 cm³/mol. The minimum Gasteiger partial charge on any atom is -0.375 e. The number of nitrogens with one attached hydrogen (secondary N) is 1. The molecule has 2 unspecified atom stereocenters. The van der Waals surface area contributed by atoms with E-state index in [1.807, 2.05) is 6.92 Å². The molecule has 5 heteroatoms. The lowest BCUT2D eigenvalue weighted by Gasteiger charge is -2.39. The fourth-order valence-electron chi connectivity index (χ4n) is 2.56. The summed E-state index contributed by atoms with van der Waals surface area (Å²) in [5.41, 5.74) is 0.669. The average molecular weight is 295 g/mol. The van der Waals surface area contributed by atoms with Gasteiger partial charge in [-0.25, -0.2) is 9.37 Å². The minimum atomic E-state index is -0.210. The summed E-state index contributed by atoms with van der Waals surface area (Å²) >= 11 is 0. The van der Waals surface area contributed by atoms with Gasteiger partial charge in [-0.1, -0.05) is 20.8 Å². The molecule has 0 aliphatic carbocycles. The van der Waals surface area contributed by atoms with Crippen molar-refractivity contribution >= 4 is 5.82 Å². The van der Waals surface area contributed by atoms with Crippen LogP contribution in [0.25, 0.3) is 0 Å². The van der Waals surface area contributed by atoms with Gasteiger partial charge in [0.1, 0.15) is 0 Å². The second-order valence-corrected chi connectivity index (χ2v) is 6.00. The molecule has 1 N–H and O–H groups in total. The molecule has 1 aliphatic rings. The Morgan fingerprint density at radius 3 is 2.95 bits per heavy atom. The molecule has 0 aromatic carbocycles. The number of halogens is 1. The van der Waals surface area contributed by atoms with Crippen LogP contribution in [0.4, 0.5) is 10.2 Å². The van der Waals surface area contributed by atoms with Gasteiger partial charge in [-0.3, -0.25) is 0 Å². The van der Waals surface area contributed by atoms with Crippen molar-refractivity contribution in [3.05, 3.63) is 23.6 Å². The van der Waals surface area contributed by atoms with Crippen molar-refractivity contribution in [2.45, 2.75) is 58.8 Å². The number of hydrogen-bond donors (Lipinski definition) is 1.